The standard InChI is InChI=1S/C16H18FNO2/c1-10-5-4-6-13(17)16(10)18-11(2)12-7-8-14(19)15(9-12)20-3/h4-9,11,18-19H,1-3H3. The first kappa shape index (κ1) is 14.2. The predicted molar refractivity (Wildman–Crippen MR) is 77.8 cm³/mol. The summed E-state index contributed by atoms with van der Waals surface area (Å²) in [6.07, 6.45) is 0. The molecular weight excluding hydrogens is 257 g/mol. The van der Waals surface area contributed by atoms with E-state index in [2.05, 4.69) is 5.32 Å². The molecular formula is C16H18FNO2. The Morgan fingerprint density at radius 2 is 2.00 bits per heavy atom. The molecule has 0 fully saturated rings. The minimum Gasteiger partial charge on any atom is -0.504 e. The first-order chi connectivity index (χ1) is 9.52. The molecule has 0 heterocycles. The molecule has 0 aliphatic rings. The molecule has 2 rings (SSSR count). The fourth-order valence-corrected chi connectivity index (χ4v) is 2.08. The lowest BCUT2D eigenvalue weighted by atomic mass is 10.1. The van der Waals surface area contributed by atoms with E-state index < -0.39 is 0 Å². The van der Waals surface area contributed by atoms with Gasteiger partial charge in [0, 0.05) is 6.04 Å². The summed E-state index contributed by atoms with van der Waals surface area (Å²) in [7, 11) is 1.50. The van der Waals surface area contributed by atoms with Crippen molar-refractivity contribution in [2.75, 3.05) is 12.4 Å². The number of hydrogen-bond donors (Lipinski definition) is 2. The molecule has 4 heteroatoms. The topological polar surface area (TPSA) is 41.5 Å². The second-order valence-electron chi connectivity index (χ2n) is 4.73. The molecule has 0 aromatic heterocycles. The summed E-state index contributed by atoms with van der Waals surface area (Å²) < 4.78 is 18.9. The van der Waals surface area contributed by atoms with Crippen LogP contribution in [0, 0.1) is 12.7 Å². The number of hydrogen-bond acceptors (Lipinski definition) is 3. The van der Waals surface area contributed by atoms with Gasteiger partial charge in [-0.05, 0) is 43.2 Å². The lowest BCUT2D eigenvalue weighted by Gasteiger charge is -2.19. The highest BCUT2D eigenvalue weighted by Gasteiger charge is 2.12. The molecule has 20 heavy (non-hydrogen) atoms. The van der Waals surface area contributed by atoms with Crippen LogP contribution < -0.4 is 10.1 Å². The molecule has 1 atom stereocenters. The van der Waals surface area contributed by atoms with Gasteiger partial charge in [-0.1, -0.05) is 18.2 Å². The molecule has 0 aliphatic heterocycles. The summed E-state index contributed by atoms with van der Waals surface area (Å²) in [5.41, 5.74) is 2.25. The highest BCUT2D eigenvalue weighted by atomic mass is 19.1. The molecule has 2 aromatic carbocycles. The monoisotopic (exact) mass is 275 g/mol. The van der Waals surface area contributed by atoms with E-state index in [-0.39, 0.29) is 17.6 Å². The van der Waals surface area contributed by atoms with Gasteiger partial charge in [-0.25, -0.2) is 4.39 Å². The van der Waals surface area contributed by atoms with Crippen LogP contribution in [0.1, 0.15) is 24.1 Å². The normalized spacial score (nSPS) is 12.0. The summed E-state index contributed by atoms with van der Waals surface area (Å²) in [5, 5.41) is 12.7. The summed E-state index contributed by atoms with van der Waals surface area (Å²) in [6, 6.07) is 9.95. The Balaban J connectivity index is 2.26. The Morgan fingerprint density at radius 3 is 2.65 bits per heavy atom. The number of nitrogens with one attached hydrogen (secondary N) is 1. The Hall–Kier alpha value is -2.23. The SMILES string of the molecule is COc1cc(C(C)Nc2c(C)cccc2F)ccc1O. The van der Waals surface area contributed by atoms with E-state index in [0.29, 0.717) is 11.4 Å². The van der Waals surface area contributed by atoms with Gasteiger partial charge in [-0.15, -0.1) is 0 Å². The molecule has 0 radical (unpaired) electrons. The summed E-state index contributed by atoms with van der Waals surface area (Å²) in [5.74, 6) is 0.217. The maximum Gasteiger partial charge on any atom is 0.160 e. The van der Waals surface area contributed by atoms with Gasteiger partial charge in [0.05, 0.1) is 12.8 Å². The van der Waals surface area contributed by atoms with Crippen molar-refractivity contribution < 1.29 is 14.2 Å². The second kappa shape index (κ2) is 5.82. The van der Waals surface area contributed by atoms with E-state index in [9.17, 15) is 9.50 Å². The van der Waals surface area contributed by atoms with Crippen LogP contribution in [0.25, 0.3) is 0 Å². The maximum atomic E-state index is 13.8. The quantitative estimate of drug-likeness (QED) is 0.885. The van der Waals surface area contributed by atoms with Crippen molar-refractivity contribution in [2.24, 2.45) is 0 Å². The fraction of sp³-hybridized carbons (Fsp3) is 0.250. The molecule has 1 unspecified atom stereocenters. The minimum absolute atomic E-state index is 0.0884. The maximum absolute atomic E-state index is 13.8. The van der Waals surface area contributed by atoms with Crippen molar-refractivity contribution in [3.63, 3.8) is 0 Å². The van der Waals surface area contributed by atoms with Gasteiger partial charge < -0.3 is 15.2 Å². The number of methoxy groups -OCH3 is 1. The highest BCUT2D eigenvalue weighted by molar-refractivity contribution is 5.54. The molecule has 0 aliphatic carbocycles. The van der Waals surface area contributed by atoms with Crippen molar-refractivity contribution in [3.8, 4) is 11.5 Å². The minimum atomic E-state index is -0.275. The molecule has 0 amide bonds. The Labute approximate surface area is 118 Å². The van der Waals surface area contributed by atoms with Crippen LogP contribution in [0.3, 0.4) is 0 Å². The van der Waals surface area contributed by atoms with Gasteiger partial charge in [0.1, 0.15) is 5.82 Å². The third-order valence-electron chi connectivity index (χ3n) is 3.29. The molecule has 3 nitrogen and oxygen atoms in total. The Bertz CT molecular complexity index is 593. The van der Waals surface area contributed by atoms with Crippen molar-refractivity contribution in [1.29, 1.82) is 0 Å². The zero-order chi connectivity index (χ0) is 14.7. The van der Waals surface area contributed by atoms with E-state index in [1.807, 2.05) is 19.9 Å². The van der Waals surface area contributed by atoms with Crippen molar-refractivity contribution in [2.45, 2.75) is 19.9 Å². The fourth-order valence-electron chi connectivity index (χ4n) is 2.08. The molecule has 0 saturated heterocycles. The number of benzene rings is 2. The van der Waals surface area contributed by atoms with Gasteiger partial charge in [0.2, 0.25) is 0 Å². The lowest BCUT2D eigenvalue weighted by Crippen LogP contribution is -2.09. The van der Waals surface area contributed by atoms with Crippen LogP contribution in [0.4, 0.5) is 10.1 Å². The number of para-hydroxylation sites is 1. The molecule has 2 aromatic rings. The number of ether oxygens (including phenoxy) is 1. The van der Waals surface area contributed by atoms with E-state index in [4.69, 9.17) is 4.74 Å². The van der Waals surface area contributed by atoms with Crippen LogP contribution in [-0.4, -0.2) is 12.2 Å². The molecule has 0 bridgehead atoms. The number of phenols is 1. The smallest absolute Gasteiger partial charge is 0.160 e. The van der Waals surface area contributed by atoms with Gasteiger partial charge in [-0.3, -0.25) is 0 Å². The van der Waals surface area contributed by atoms with E-state index in [1.54, 1.807) is 24.3 Å². The Kier molecular flexibility index (Phi) is 4.13. The first-order valence-electron chi connectivity index (χ1n) is 6.41. The predicted octanol–water partition coefficient (Wildman–Crippen LogP) is 4.02. The molecule has 2 N–H and O–H groups in total. The number of halogens is 1. The average molecular weight is 275 g/mol. The number of phenolic OH excluding ortho intramolecular Hbond substituents is 1. The van der Waals surface area contributed by atoms with Crippen molar-refractivity contribution >= 4 is 5.69 Å². The van der Waals surface area contributed by atoms with Crippen LogP contribution in [0.5, 0.6) is 11.5 Å². The largest absolute Gasteiger partial charge is 0.504 e. The summed E-state index contributed by atoms with van der Waals surface area (Å²) in [4.78, 5) is 0. The van der Waals surface area contributed by atoms with E-state index >= 15 is 0 Å². The summed E-state index contributed by atoms with van der Waals surface area (Å²) >= 11 is 0. The average Bonchev–Trinajstić information content (AvgIpc) is 2.43. The molecule has 0 saturated carbocycles. The van der Waals surface area contributed by atoms with Crippen LogP contribution in [0.15, 0.2) is 36.4 Å². The third-order valence-corrected chi connectivity index (χ3v) is 3.29. The first-order valence-corrected chi connectivity index (χ1v) is 6.41. The van der Waals surface area contributed by atoms with Crippen LogP contribution in [0.2, 0.25) is 0 Å². The Morgan fingerprint density at radius 1 is 1.25 bits per heavy atom. The molecule has 0 spiro atoms. The molecule has 106 valence electrons. The van der Waals surface area contributed by atoms with Gasteiger partial charge >= 0.3 is 0 Å². The van der Waals surface area contributed by atoms with E-state index in [1.165, 1.54) is 13.2 Å². The zero-order valence-corrected chi connectivity index (χ0v) is 11.8. The van der Waals surface area contributed by atoms with E-state index in [0.717, 1.165) is 11.1 Å². The third kappa shape index (κ3) is 2.85. The second-order valence-corrected chi connectivity index (χ2v) is 4.73. The number of aryl methyl sites for hydroxylation is 1. The number of anilines is 1. The van der Waals surface area contributed by atoms with Crippen molar-refractivity contribution in [3.05, 3.63) is 53.3 Å². The number of rotatable bonds is 4. The van der Waals surface area contributed by atoms with Gasteiger partial charge in [0.15, 0.2) is 11.5 Å². The lowest BCUT2D eigenvalue weighted by molar-refractivity contribution is 0.373. The van der Waals surface area contributed by atoms with Gasteiger partial charge in [-0.2, -0.15) is 0 Å². The van der Waals surface area contributed by atoms with Crippen LogP contribution >= 0.6 is 0 Å². The van der Waals surface area contributed by atoms with Gasteiger partial charge in [0.25, 0.3) is 0 Å². The van der Waals surface area contributed by atoms with Crippen LogP contribution in [-0.2, 0) is 0 Å². The zero-order valence-electron chi connectivity index (χ0n) is 11.8. The number of aromatic hydroxyl groups is 1. The highest BCUT2D eigenvalue weighted by Crippen LogP contribution is 2.31. The summed E-state index contributed by atoms with van der Waals surface area (Å²) in [6.45, 7) is 3.78. The van der Waals surface area contributed by atoms with Crippen molar-refractivity contribution in [1.82, 2.24) is 0 Å².